The molecule has 11 rings (SSSR count). The van der Waals surface area contributed by atoms with Crippen LogP contribution in [0.2, 0.25) is 0 Å². The Morgan fingerprint density at radius 2 is 0.960 bits per heavy atom. The number of imide groups is 1. The molecule has 0 atom stereocenters. The van der Waals surface area contributed by atoms with Crippen molar-refractivity contribution in [3.05, 3.63) is 190 Å². The molecular weight excluding hydrogens is 956 g/mol. The van der Waals surface area contributed by atoms with E-state index in [0.717, 1.165) is 72.7 Å². The molecule has 0 spiro atoms. The third kappa shape index (κ3) is 12.0. The Kier molecular flexibility index (Phi) is 16.7. The van der Waals surface area contributed by atoms with E-state index in [-0.39, 0.29) is 29.4 Å². The van der Waals surface area contributed by atoms with E-state index in [2.05, 4.69) is 141 Å². The molecular formula is C63H67ClN6O5. The number of halogens is 1. The van der Waals surface area contributed by atoms with E-state index in [0.29, 0.717) is 11.1 Å². The molecule has 1 aliphatic rings. The van der Waals surface area contributed by atoms with Gasteiger partial charge in [0, 0.05) is 138 Å². The predicted octanol–water partition coefficient (Wildman–Crippen LogP) is 13.4. The summed E-state index contributed by atoms with van der Waals surface area (Å²) in [4.78, 5) is 45.7. The molecule has 75 heavy (non-hydrogen) atoms. The normalized spacial score (nSPS) is 12.0. The Morgan fingerprint density at radius 3 is 1.43 bits per heavy atom. The molecule has 0 bridgehead atoms. The van der Waals surface area contributed by atoms with Gasteiger partial charge in [-0.1, -0.05) is 67.2 Å². The van der Waals surface area contributed by atoms with Gasteiger partial charge in [-0.15, -0.1) is 0 Å². The van der Waals surface area contributed by atoms with Crippen LogP contribution in [-0.2, 0) is 60.8 Å². The van der Waals surface area contributed by atoms with Gasteiger partial charge in [0.05, 0.1) is 23.0 Å². The van der Waals surface area contributed by atoms with Crippen molar-refractivity contribution in [1.82, 2.24) is 28.2 Å². The van der Waals surface area contributed by atoms with Crippen molar-refractivity contribution in [3.63, 3.8) is 0 Å². The number of carbonyl (C=O) groups excluding carboxylic acids is 4. The third-order valence-electron chi connectivity index (χ3n) is 13.3. The number of hydrogen-bond acceptors (Lipinski definition) is 5. The van der Waals surface area contributed by atoms with Crippen LogP contribution in [0.3, 0.4) is 0 Å². The maximum atomic E-state index is 12.9. The first kappa shape index (κ1) is 54.6. The maximum absolute atomic E-state index is 12.9. The zero-order chi connectivity index (χ0) is 54.6. The molecule has 11 nitrogen and oxygen atoms in total. The number of ether oxygens (including phenoxy) is 1. The fourth-order valence-electron chi connectivity index (χ4n) is 9.81. The molecule has 386 valence electrons. The summed E-state index contributed by atoms with van der Waals surface area (Å²) in [6.07, 6.45) is 11.0. The van der Waals surface area contributed by atoms with Gasteiger partial charge in [0.2, 0.25) is 5.75 Å². The summed E-state index contributed by atoms with van der Waals surface area (Å²) in [5.41, 5.74) is 16.4. The molecule has 1 aliphatic heterocycles. The van der Waals surface area contributed by atoms with Crippen LogP contribution in [-0.4, -0.2) is 52.3 Å². The summed E-state index contributed by atoms with van der Waals surface area (Å²) in [5.74, 6) is 0.488. The number of amides is 2. The number of Topliss-reactive ketones (excluding diaryl/α,β-unsaturated/α-hetero) is 1. The number of nitrogens with one attached hydrogen (secondary N) is 1. The highest BCUT2D eigenvalue weighted by molar-refractivity contribution is 6.54. The zero-order valence-electron chi connectivity index (χ0n) is 45.3. The number of fused-ring (bicyclic) bond motifs is 5. The number of hydrogen-bond donors (Lipinski definition) is 1. The number of aromatic nitrogens is 5. The average Bonchev–Trinajstić information content (AvgIpc) is 4.18. The van der Waals surface area contributed by atoms with Crippen LogP contribution < -0.4 is 5.32 Å². The Morgan fingerprint density at radius 1 is 0.573 bits per heavy atom. The summed E-state index contributed by atoms with van der Waals surface area (Å²) in [5, 5.41) is 8.10. The lowest BCUT2D eigenvalue weighted by Gasteiger charge is -2.11. The van der Waals surface area contributed by atoms with Crippen molar-refractivity contribution in [2.45, 2.75) is 67.9 Å². The largest absolute Gasteiger partial charge is 0.496 e. The monoisotopic (exact) mass is 1020 g/mol. The van der Waals surface area contributed by atoms with Crippen LogP contribution in [0.25, 0.3) is 65.7 Å². The van der Waals surface area contributed by atoms with Gasteiger partial charge in [0.1, 0.15) is 0 Å². The molecule has 0 fully saturated rings. The van der Waals surface area contributed by atoms with Crippen molar-refractivity contribution < 1.29 is 23.9 Å². The predicted molar refractivity (Wildman–Crippen MR) is 310 cm³/mol. The number of aryl methyl sites for hydroxylation is 10. The van der Waals surface area contributed by atoms with Gasteiger partial charge in [0.15, 0.2) is 5.78 Å². The van der Waals surface area contributed by atoms with Gasteiger partial charge >= 0.3 is 0 Å². The molecule has 0 saturated carbocycles. The van der Waals surface area contributed by atoms with Crippen LogP contribution in [0.15, 0.2) is 140 Å². The molecule has 5 aromatic carbocycles. The van der Waals surface area contributed by atoms with Gasteiger partial charge in [0.25, 0.3) is 11.8 Å². The Bertz CT molecular complexity index is 3760. The second kappa shape index (κ2) is 22.9. The minimum atomic E-state index is -0.345. The highest BCUT2D eigenvalue weighted by atomic mass is 35.5. The first-order chi connectivity index (χ1) is 35.6. The van der Waals surface area contributed by atoms with Crippen LogP contribution in [0.4, 0.5) is 0 Å². The van der Waals surface area contributed by atoms with Gasteiger partial charge in [-0.05, 0) is 142 Å². The Balaban J connectivity index is 0.000000153. The standard InChI is InChI=1S/C24H21N3O2.C16H21NO.C12H13NO.C10H11N.CHClO/c1-13-5-7-15-17(11-26(3)19(15)9-13)21-22(24(29)25-23(21)28)18-12-27(4)20-10-14(2)6-8-16(18)20;1-11(2)18-13(4)9-14-10-17(5)16-8-12(3)6-7-15(14)16;1-8-4-5-10-11(9(2)14)7-13(3)12(10)6-8;1-8-3-4-9-5-6-11(2)10(9)7-8;2-1-3/h5-12H,1-4H3,(H,25,28,29);6-8,10-11H,4,9H2,1-3,5H3;4-7H,1-3H3;3-7H,1-2H3;1H. The van der Waals surface area contributed by atoms with Crippen LogP contribution >= 0.6 is 11.6 Å². The molecule has 0 saturated heterocycles. The van der Waals surface area contributed by atoms with E-state index < -0.39 is 0 Å². The molecule has 1 N–H and O–H groups in total. The molecule has 2 amide bonds. The minimum Gasteiger partial charge on any atom is -0.496 e. The SMILES string of the molecule is C=C(Cc1cn(C)c2cc(C)ccc12)OC(C)C.CC(=O)c1cn(C)c2cc(C)ccc12.Cc1ccc2c(C3=C(c4cn(C)c5cc(C)ccc45)C(=O)NC3=O)cn(C)c2c1.Cc1ccc2ccn(C)c2c1.O=CCl. The van der Waals surface area contributed by atoms with E-state index in [9.17, 15) is 14.4 Å². The highest BCUT2D eigenvalue weighted by Crippen LogP contribution is 2.39. The van der Waals surface area contributed by atoms with Crippen molar-refractivity contribution >= 4 is 101 Å². The fourth-order valence-corrected chi connectivity index (χ4v) is 9.81. The summed E-state index contributed by atoms with van der Waals surface area (Å²) in [6.45, 7) is 20.0. The van der Waals surface area contributed by atoms with E-state index in [1.54, 1.807) is 6.92 Å². The quantitative estimate of drug-likeness (QED) is 0.0561. The summed E-state index contributed by atoms with van der Waals surface area (Å²) in [6, 6.07) is 33.6. The lowest BCUT2D eigenvalue weighted by molar-refractivity contribution is -0.122. The second-order valence-corrected chi connectivity index (χ2v) is 20.0. The Labute approximate surface area is 444 Å². The zero-order valence-corrected chi connectivity index (χ0v) is 46.1. The first-order valence-electron chi connectivity index (χ1n) is 24.8. The second-order valence-electron chi connectivity index (χ2n) is 19.9. The average molecular weight is 1020 g/mol. The van der Waals surface area contributed by atoms with Crippen LogP contribution in [0.5, 0.6) is 0 Å². The molecule has 0 radical (unpaired) electrons. The molecule has 5 aromatic heterocycles. The van der Waals surface area contributed by atoms with Crippen LogP contribution in [0.1, 0.15) is 75.6 Å². The fraction of sp³-hybridized carbons (Fsp3) is 0.238. The molecule has 6 heterocycles. The summed E-state index contributed by atoms with van der Waals surface area (Å²) < 4.78 is 15.9. The number of allylic oxidation sites excluding steroid dienone is 1. The number of nitrogens with zero attached hydrogens (tertiary/aromatic N) is 5. The van der Waals surface area contributed by atoms with Gasteiger partial charge < -0.3 is 27.6 Å². The van der Waals surface area contributed by atoms with Crippen molar-refractivity contribution in [1.29, 1.82) is 0 Å². The van der Waals surface area contributed by atoms with Crippen molar-refractivity contribution in [2.24, 2.45) is 35.2 Å². The van der Waals surface area contributed by atoms with Gasteiger partial charge in [-0.3, -0.25) is 24.5 Å². The number of carbonyl (C=O) groups is 4. The van der Waals surface area contributed by atoms with E-state index in [1.807, 2.05) is 118 Å². The number of rotatable bonds is 7. The molecule has 0 aliphatic carbocycles. The van der Waals surface area contributed by atoms with E-state index in [1.165, 1.54) is 44.1 Å². The van der Waals surface area contributed by atoms with Crippen molar-refractivity contribution in [2.75, 3.05) is 0 Å². The minimum absolute atomic E-state index is 0.124. The highest BCUT2D eigenvalue weighted by Gasteiger charge is 2.35. The topological polar surface area (TPSA) is 114 Å². The molecule has 10 aromatic rings. The Hall–Kier alpha value is -8.15. The summed E-state index contributed by atoms with van der Waals surface area (Å²) >= 11 is 4.32. The third-order valence-corrected chi connectivity index (χ3v) is 13.3. The van der Waals surface area contributed by atoms with Crippen molar-refractivity contribution in [3.8, 4) is 0 Å². The smallest absolute Gasteiger partial charge is 0.259 e. The number of ketones is 1. The van der Waals surface area contributed by atoms with Gasteiger partial charge in [-0.2, -0.15) is 0 Å². The first-order valence-corrected chi connectivity index (χ1v) is 25.3. The van der Waals surface area contributed by atoms with Gasteiger partial charge in [-0.25, -0.2) is 0 Å². The van der Waals surface area contributed by atoms with Crippen LogP contribution in [0, 0.1) is 34.6 Å². The summed E-state index contributed by atoms with van der Waals surface area (Å²) in [7, 11) is 10.0. The van der Waals surface area contributed by atoms with E-state index in [4.69, 9.17) is 9.53 Å². The van der Waals surface area contributed by atoms with E-state index >= 15 is 0 Å². The number of benzene rings is 5. The molecule has 12 heteroatoms. The maximum Gasteiger partial charge on any atom is 0.259 e. The molecule has 0 unspecified atom stereocenters. The lowest BCUT2D eigenvalue weighted by Crippen LogP contribution is -2.22. The lowest BCUT2D eigenvalue weighted by atomic mass is 9.95.